The summed E-state index contributed by atoms with van der Waals surface area (Å²) in [5.74, 6) is 0.292. The maximum atomic E-state index is 12.9. The minimum atomic E-state index is -4.44. The number of thiazole rings is 1. The molecule has 0 aliphatic heterocycles. The molecule has 0 unspecified atom stereocenters. The summed E-state index contributed by atoms with van der Waals surface area (Å²) in [7, 11) is 0. The molecular formula is C27H18F3I2N5O2S. The molecule has 0 saturated heterocycles. The zero-order valence-electron chi connectivity index (χ0n) is 20.3. The molecule has 40 heavy (non-hydrogen) atoms. The number of anilines is 2. The Kier molecular flexibility index (Phi) is 9.98. The predicted octanol–water partition coefficient (Wildman–Crippen LogP) is 7.26. The maximum absolute atomic E-state index is 12.9. The first-order valence-electron chi connectivity index (χ1n) is 11.4. The van der Waals surface area contributed by atoms with E-state index >= 15 is 0 Å². The second kappa shape index (κ2) is 13.4. The molecule has 4 aromatic rings. The highest BCUT2D eigenvalue weighted by atomic mass is 127. The van der Waals surface area contributed by atoms with Crippen molar-refractivity contribution in [1.82, 2.24) is 10.4 Å². The molecule has 4 rings (SSSR count). The Hall–Kier alpha value is -3.23. The van der Waals surface area contributed by atoms with Crippen LogP contribution in [0.2, 0.25) is 0 Å². The van der Waals surface area contributed by atoms with E-state index in [1.807, 2.05) is 24.3 Å². The van der Waals surface area contributed by atoms with Crippen molar-refractivity contribution in [2.75, 3.05) is 5.32 Å². The maximum Gasteiger partial charge on any atom is 0.416 e. The van der Waals surface area contributed by atoms with Gasteiger partial charge in [-0.1, -0.05) is 24.3 Å². The zero-order chi connectivity index (χ0) is 28.7. The van der Waals surface area contributed by atoms with Gasteiger partial charge in [-0.25, -0.2) is 10.4 Å². The second-order valence-corrected chi connectivity index (χ2v) is 11.4. The SMILES string of the molecule is N#Cc1ccccc1COc1c(I)cc(/C=N\NC(=O)Cc2csc(Nc3cccc(C(F)(F)F)c3)n2)cc1I. The third-order valence-corrected chi connectivity index (χ3v) is 7.68. The smallest absolute Gasteiger partial charge is 0.416 e. The van der Waals surface area contributed by atoms with Gasteiger partial charge in [0.15, 0.2) is 5.13 Å². The quantitative estimate of drug-likeness (QED) is 0.106. The topological polar surface area (TPSA) is 99.4 Å². The van der Waals surface area contributed by atoms with Gasteiger partial charge < -0.3 is 10.1 Å². The summed E-state index contributed by atoms with van der Waals surface area (Å²) < 4.78 is 46.4. The minimum Gasteiger partial charge on any atom is -0.487 e. The van der Waals surface area contributed by atoms with Crippen molar-refractivity contribution in [3.8, 4) is 11.8 Å². The Morgan fingerprint density at radius 3 is 2.60 bits per heavy atom. The van der Waals surface area contributed by atoms with Crippen LogP contribution in [0.5, 0.6) is 5.75 Å². The van der Waals surface area contributed by atoms with E-state index in [0.717, 1.165) is 30.4 Å². The van der Waals surface area contributed by atoms with E-state index < -0.39 is 17.6 Å². The number of carbonyl (C=O) groups is 1. The van der Waals surface area contributed by atoms with E-state index in [0.29, 0.717) is 22.1 Å². The average Bonchev–Trinajstić information content (AvgIpc) is 3.34. The Morgan fingerprint density at radius 1 is 1.12 bits per heavy atom. The second-order valence-electron chi connectivity index (χ2n) is 8.19. The molecule has 0 fully saturated rings. The number of rotatable bonds is 9. The van der Waals surface area contributed by atoms with E-state index in [4.69, 9.17) is 4.74 Å². The summed E-state index contributed by atoms with van der Waals surface area (Å²) in [6.45, 7) is 0.257. The van der Waals surface area contributed by atoms with Crippen LogP contribution in [0.15, 0.2) is 71.1 Å². The molecule has 204 valence electrons. The van der Waals surface area contributed by atoms with Gasteiger partial charge >= 0.3 is 6.18 Å². The number of hydrazone groups is 1. The van der Waals surface area contributed by atoms with E-state index in [1.165, 1.54) is 29.7 Å². The van der Waals surface area contributed by atoms with Crippen molar-refractivity contribution >= 4 is 79.5 Å². The van der Waals surface area contributed by atoms with E-state index in [2.05, 4.69) is 72.1 Å². The van der Waals surface area contributed by atoms with Gasteiger partial charge in [0, 0.05) is 16.6 Å². The number of halogens is 5. The summed E-state index contributed by atoms with van der Waals surface area (Å²) in [4.78, 5) is 16.6. The molecule has 1 amide bonds. The highest BCUT2D eigenvalue weighted by molar-refractivity contribution is 14.1. The van der Waals surface area contributed by atoms with Crippen LogP contribution in [0.3, 0.4) is 0 Å². The number of nitrogens with zero attached hydrogens (tertiary/aromatic N) is 3. The molecule has 0 saturated carbocycles. The third kappa shape index (κ3) is 8.15. The first-order chi connectivity index (χ1) is 19.1. The summed E-state index contributed by atoms with van der Waals surface area (Å²) in [5, 5.41) is 18.1. The number of alkyl halides is 3. The fraction of sp³-hybridized carbons (Fsp3) is 0.111. The van der Waals surface area contributed by atoms with Crippen molar-refractivity contribution in [2.45, 2.75) is 19.2 Å². The molecule has 1 aromatic heterocycles. The predicted molar refractivity (Wildman–Crippen MR) is 164 cm³/mol. The highest BCUT2D eigenvalue weighted by Crippen LogP contribution is 2.32. The van der Waals surface area contributed by atoms with Gasteiger partial charge in [0.1, 0.15) is 12.4 Å². The fourth-order valence-electron chi connectivity index (χ4n) is 3.42. The summed E-state index contributed by atoms with van der Waals surface area (Å²) in [6.07, 6.45) is -2.98. The lowest BCUT2D eigenvalue weighted by Crippen LogP contribution is -2.20. The molecule has 0 atom stereocenters. The van der Waals surface area contributed by atoms with Crippen LogP contribution in [0.25, 0.3) is 0 Å². The Balaban J connectivity index is 1.31. The molecule has 13 heteroatoms. The number of benzene rings is 3. The first-order valence-corrected chi connectivity index (χ1v) is 14.5. The van der Waals surface area contributed by atoms with Crippen LogP contribution in [0.4, 0.5) is 24.0 Å². The van der Waals surface area contributed by atoms with Crippen molar-refractivity contribution in [2.24, 2.45) is 5.10 Å². The first kappa shape index (κ1) is 29.7. The van der Waals surface area contributed by atoms with Crippen molar-refractivity contribution in [1.29, 1.82) is 5.26 Å². The van der Waals surface area contributed by atoms with Gasteiger partial charge in [-0.05, 0) is 87.1 Å². The standard InChI is InChI=1S/C27H18F3I2N5O2S/c28-27(29,30)19-6-3-7-20(10-19)35-26-36-21(15-40-26)11-24(38)37-34-13-16-8-22(31)25(23(32)9-16)39-14-18-5-2-1-4-17(18)12-33/h1-10,13,15H,11,14H2,(H,35,36)(H,37,38)/b34-13-. The lowest BCUT2D eigenvalue weighted by molar-refractivity contribution is -0.137. The summed E-state index contributed by atoms with van der Waals surface area (Å²) in [5.41, 5.74) is 4.50. The number of nitrogens with one attached hydrogen (secondary N) is 2. The lowest BCUT2D eigenvalue weighted by atomic mass is 10.1. The number of amides is 1. The summed E-state index contributed by atoms with van der Waals surface area (Å²) in [6, 6.07) is 17.9. The highest BCUT2D eigenvalue weighted by Gasteiger charge is 2.30. The summed E-state index contributed by atoms with van der Waals surface area (Å²) >= 11 is 5.49. The van der Waals surface area contributed by atoms with Crippen molar-refractivity contribution < 1.29 is 22.7 Å². The normalized spacial score (nSPS) is 11.3. The molecule has 1 heterocycles. The average molecular weight is 787 g/mol. The molecule has 2 N–H and O–H groups in total. The van der Waals surface area contributed by atoms with Crippen LogP contribution in [0.1, 0.15) is 27.9 Å². The number of carbonyl (C=O) groups excluding carboxylic acids is 1. The van der Waals surface area contributed by atoms with Crippen LogP contribution in [-0.2, 0) is 24.0 Å². The molecule has 3 aromatic carbocycles. The van der Waals surface area contributed by atoms with Crippen LogP contribution < -0.4 is 15.5 Å². The molecule has 0 radical (unpaired) electrons. The number of ether oxygens (including phenoxy) is 1. The molecule has 7 nitrogen and oxygen atoms in total. The van der Waals surface area contributed by atoms with Crippen LogP contribution in [0, 0.1) is 18.5 Å². The van der Waals surface area contributed by atoms with Gasteiger partial charge in [0.05, 0.1) is 42.7 Å². The molecule has 0 aliphatic rings. The van der Waals surface area contributed by atoms with E-state index in [-0.39, 0.29) is 18.7 Å². The van der Waals surface area contributed by atoms with Crippen molar-refractivity contribution in [3.05, 3.63) is 101 Å². The molecule has 0 spiro atoms. The van der Waals surface area contributed by atoms with Crippen molar-refractivity contribution in [3.63, 3.8) is 0 Å². The van der Waals surface area contributed by atoms with E-state index in [1.54, 1.807) is 17.5 Å². The van der Waals surface area contributed by atoms with E-state index in [9.17, 15) is 23.2 Å². The van der Waals surface area contributed by atoms with Crippen LogP contribution >= 0.6 is 56.5 Å². The Morgan fingerprint density at radius 2 is 1.88 bits per heavy atom. The van der Waals surface area contributed by atoms with Crippen LogP contribution in [-0.4, -0.2) is 17.1 Å². The Labute approximate surface area is 258 Å². The molecule has 0 bridgehead atoms. The largest absolute Gasteiger partial charge is 0.487 e. The number of aromatic nitrogens is 1. The number of nitriles is 1. The Bertz CT molecular complexity index is 1580. The minimum absolute atomic E-state index is 0.0515. The van der Waals surface area contributed by atoms with Gasteiger partial charge in [-0.3, -0.25) is 4.79 Å². The van der Waals surface area contributed by atoms with Gasteiger partial charge in [-0.2, -0.15) is 23.5 Å². The third-order valence-electron chi connectivity index (χ3n) is 5.27. The zero-order valence-corrected chi connectivity index (χ0v) is 25.4. The number of hydrogen-bond acceptors (Lipinski definition) is 7. The van der Waals surface area contributed by atoms with Gasteiger partial charge in [0.25, 0.3) is 0 Å². The molecular weight excluding hydrogens is 769 g/mol. The fourth-order valence-corrected chi connectivity index (χ4v) is 6.28. The lowest BCUT2D eigenvalue weighted by Gasteiger charge is -2.12. The monoisotopic (exact) mass is 787 g/mol. The van der Waals surface area contributed by atoms with Gasteiger partial charge in [0.2, 0.25) is 5.91 Å². The van der Waals surface area contributed by atoms with Gasteiger partial charge in [-0.15, -0.1) is 11.3 Å². The molecule has 0 aliphatic carbocycles. The number of hydrogen-bond donors (Lipinski definition) is 2.